The lowest BCUT2D eigenvalue weighted by Crippen LogP contribution is -2.20. The van der Waals surface area contributed by atoms with E-state index in [1.165, 1.54) is 0 Å². The number of hydrogen-bond acceptors (Lipinski definition) is 2. The second-order valence-corrected chi connectivity index (χ2v) is 7.54. The van der Waals surface area contributed by atoms with Gasteiger partial charge in [0.1, 0.15) is 0 Å². The lowest BCUT2D eigenvalue weighted by atomic mass is 9.98. The third kappa shape index (κ3) is 6.96. The Kier molecular flexibility index (Phi) is 6.55. The fourth-order valence-corrected chi connectivity index (χ4v) is 2.53. The van der Waals surface area contributed by atoms with Crippen LogP contribution in [-0.4, -0.2) is 25.0 Å². The highest BCUT2D eigenvalue weighted by Crippen LogP contribution is 2.26. The molecule has 0 spiro atoms. The van der Waals surface area contributed by atoms with Crippen LogP contribution in [0.25, 0.3) is 5.57 Å². The molecular formula is C17H22ClNS. The predicted octanol–water partition coefficient (Wildman–Crippen LogP) is 4.95. The summed E-state index contributed by atoms with van der Waals surface area (Å²) in [6.45, 7) is 12.1. The van der Waals surface area contributed by atoms with Crippen LogP contribution < -0.4 is 0 Å². The third-order valence-electron chi connectivity index (χ3n) is 2.45. The molecule has 108 valence electrons. The number of allylic oxidation sites excluding steroid dienone is 1. The average Bonchev–Trinajstić information content (AvgIpc) is 2.74. The van der Waals surface area contributed by atoms with Crippen molar-refractivity contribution in [2.24, 2.45) is 5.41 Å². The summed E-state index contributed by atoms with van der Waals surface area (Å²) in [7, 11) is 2.07. The van der Waals surface area contributed by atoms with Crippen LogP contribution in [0.2, 0.25) is 4.34 Å². The van der Waals surface area contributed by atoms with E-state index in [4.69, 9.17) is 11.6 Å². The number of halogens is 1. The Morgan fingerprint density at radius 2 is 2.15 bits per heavy atom. The summed E-state index contributed by atoms with van der Waals surface area (Å²) in [6.07, 6.45) is 4.00. The zero-order valence-corrected chi connectivity index (χ0v) is 14.2. The monoisotopic (exact) mass is 307 g/mol. The Labute approximate surface area is 131 Å². The zero-order chi connectivity index (χ0) is 15.2. The Hall–Kier alpha value is -1.01. The maximum absolute atomic E-state index is 5.93. The van der Waals surface area contributed by atoms with E-state index in [0.29, 0.717) is 0 Å². The molecule has 1 aromatic rings. The summed E-state index contributed by atoms with van der Waals surface area (Å²) in [5.41, 5.74) is 1.15. The number of thiophene rings is 1. The molecular weight excluding hydrogens is 286 g/mol. The first-order chi connectivity index (χ1) is 9.28. The predicted molar refractivity (Wildman–Crippen MR) is 92.2 cm³/mol. The van der Waals surface area contributed by atoms with Gasteiger partial charge in [-0.2, -0.15) is 0 Å². The molecule has 1 rings (SSSR count). The SMILES string of the molecule is C=C(CN(C)C/C=C/C#CC(C)(C)C)c1ccc(Cl)s1. The Morgan fingerprint density at radius 1 is 1.45 bits per heavy atom. The van der Waals surface area contributed by atoms with Gasteiger partial charge in [-0.05, 0) is 51.6 Å². The van der Waals surface area contributed by atoms with Crippen molar-refractivity contribution in [1.29, 1.82) is 0 Å². The summed E-state index contributed by atoms with van der Waals surface area (Å²) in [4.78, 5) is 3.35. The topological polar surface area (TPSA) is 3.24 Å². The quantitative estimate of drug-likeness (QED) is 0.696. The van der Waals surface area contributed by atoms with E-state index in [0.717, 1.165) is 27.9 Å². The lowest BCUT2D eigenvalue weighted by Gasteiger charge is -2.15. The van der Waals surface area contributed by atoms with Crippen LogP contribution in [0.5, 0.6) is 0 Å². The van der Waals surface area contributed by atoms with E-state index in [9.17, 15) is 0 Å². The molecule has 0 fully saturated rings. The van der Waals surface area contributed by atoms with E-state index < -0.39 is 0 Å². The molecule has 0 aliphatic carbocycles. The molecule has 20 heavy (non-hydrogen) atoms. The van der Waals surface area contributed by atoms with Crippen LogP contribution in [0, 0.1) is 17.3 Å². The molecule has 0 atom stereocenters. The molecule has 1 aromatic heterocycles. The molecule has 0 aliphatic heterocycles. The lowest BCUT2D eigenvalue weighted by molar-refractivity contribution is 0.419. The van der Waals surface area contributed by atoms with Crippen molar-refractivity contribution in [2.45, 2.75) is 20.8 Å². The molecule has 0 aromatic carbocycles. The van der Waals surface area contributed by atoms with Crippen LogP contribution >= 0.6 is 22.9 Å². The largest absolute Gasteiger partial charge is 0.298 e. The fraction of sp³-hybridized carbons (Fsp3) is 0.412. The summed E-state index contributed by atoms with van der Waals surface area (Å²) in [6, 6.07) is 3.93. The highest BCUT2D eigenvalue weighted by molar-refractivity contribution is 7.17. The van der Waals surface area contributed by atoms with Gasteiger partial charge in [-0.25, -0.2) is 0 Å². The van der Waals surface area contributed by atoms with E-state index in [1.807, 2.05) is 18.2 Å². The number of likely N-dealkylation sites (N-methyl/N-ethyl adjacent to an activating group) is 1. The Balaban J connectivity index is 2.40. The summed E-state index contributed by atoms with van der Waals surface area (Å²) < 4.78 is 0.807. The second-order valence-electron chi connectivity index (χ2n) is 5.83. The van der Waals surface area contributed by atoms with Crippen LogP contribution in [0.1, 0.15) is 25.6 Å². The van der Waals surface area contributed by atoms with Crippen molar-refractivity contribution in [1.82, 2.24) is 4.90 Å². The highest BCUT2D eigenvalue weighted by Gasteiger charge is 2.05. The number of rotatable bonds is 5. The molecule has 3 heteroatoms. The molecule has 0 radical (unpaired) electrons. The first-order valence-electron chi connectivity index (χ1n) is 6.57. The van der Waals surface area contributed by atoms with Crippen molar-refractivity contribution in [2.75, 3.05) is 20.1 Å². The normalized spacial score (nSPS) is 11.7. The molecule has 1 heterocycles. The Morgan fingerprint density at radius 3 is 2.70 bits per heavy atom. The van der Waals surface area contributed by atoms with Gasteiger partial charge in [0, 0.05) is 23.4 Å². The molecule has 0 saturated heterocycles. The maximum atomic E-state index is 5.93. The number of nitrogens with zero attached hydrogens (tertiary/aromatic N) is 1. The van der Waals surface area contributed by atoms with Gasteiger partial charge in [0.05, 0.1) is 4.34 Å². The van der Waals surface area contributed by atoms with Crippen molar-refractivity contribution < 1.29 is 0 Å². The molecule has 0 aliphatic rings. The average molecular weight is 308 g/mol. The molecule has 0 amide bonds. The summed E-state index contributed by atoms with van der Waals surface area (Å²) in [5, 5.41) is 0. The van der Waals surface area contributed by atoms with Crippen LogP contribution in [-0.2, 0) is 0 Å². The minimum absolute atomic E-state index is 0.0585. The van der Waals surface area contributed by atoms with Crippen molar-refractivity contribution >= 4 is 28.5 Å². The van der Waals surface area contributed by atoms with Gasteiger partial charge in [-0.1, -0.05) is 36.1 Å². The van der Waals surface area contributed by atoms with E-state index in [1.54, 1.807) is 11.3 Å². The zero-order valence-electron chi connectivity index (χ0n) is 12.7. The molecule has 0 N–H and O–H groups in total. The van der Waals surface area contributed by atoms with Gasteiger partial charge in [-0.3, -0.25) is 4.90 Å². The van der Waals surface area contributed by atoms with Gasteiger partial charge < -0.3 is 0 Å². The van der Waals surface area contributed by atoms with Crippen LogP contribution in [0.3, 0.4) is 0 Å². The Bertz CT molecular complexity index is 537. The van der Waals surface area contributed by atoms with Crippen molar-refractivity contribution in [3.8, 4) is 11.8 Å². The van der Waals surface area contributed by atoms with E-state index in [2.05, 4.69) is 57.2 Å². The first kappa shape index (κ1) is 17.0. The third-order valence-corrected chi connectivity index (χ3v) is 3.78. The van der Waals surface area contributed by atoms with Crippen molar-refractivity contribution in [3.05, 3.63) is 40.1 Å². The van der Waals surface area contributed by atoms with Gasteiger partial charge >= 0.3 is 0 Å². The van der Waals surface area contributed by atoms with Crippen molar-refractivity contribution in [3.63, 3.8) is 0 Å². The minimum atomic E-state index is 0.0585. The molecule has 0 unspecified atom stereocenters. The summed E-state index contributed by atoms with van der Waals surface area (Å²) >= 11 is 7.50. The molecule has 0 saturated carbocycles. The highest BCUT2D eigenvalue weighted by atomic mass is 35.5. The standard InChI is InChI=1S/C17H22ClNS/c1-14(15-9-10-16(18)20-15)13-19(5)12-8-6-7-11-17(2,3)4/h6,8-10H,1,12-13H2,2-5H3/b8-6+. The molecule has 1 nitrogen and oxygen atoms in total. The number of hydrogen-bond donors (Lipinski definition) is 0. The minimum Gasteiger partial charge on any atom is -0.298 e. The van der Waals surface area contributed by atoms with Gasteiger partial charge in [0.15, 0.2) is 0 Å². The first-order valence-corrected chi connectivity index (χ1v) is 7.77. The van der Waals surface area contributed by atoms with E-state index in [-0.39, 0.29) is 5.41 Å². The fourth-order valence-electron chi connectivity index (χ4n) is 1.52. The maximum Gasteiger partial charge on any atom is 0.0934 e. The van der Waals surface area contributed by atoms with Crippen LogP contribution in [0.15, 0.2) is 30.9 Å². The van der Waals surface area contributed by atoms with E-state index >= 15 is 0 Å². The second kappa shape index (κ2) is 7.69. The smallest absolute Gasteiger partial charge is 0.0934 e. The van der Waals surface area contributed by atoms with Gasteiger partial charge in [0.2, 0.25) is 0 Å². The van der Waals surface area contributed by atoms with Gasteiger partial charge in [-0.15, -0.1) is 11.3 Å². The van der Waals surface area contributed by atoms with Gasteiger partial charge in [0.25, 0.3) is 0 Å². The van der Waals surface area contributed by atoms with Crippen LogP contribution in [0.4, 0.5) is 0 Å². The summed E-state index contributed by atoms with van der Waals surface area (Å²) in [5.74, 6) is 6.25. The molecule has 0 bridgehead atoms.